The Morgan fingerprint density at radius 2 is 2.00 bits per heavy atom. The van der Waals surface area contributed by atoms with Gasteiger partial charge in [0.25, 0.3) is 0 Å². The Kier molecular flexibility index (Phi) is 2.87. The summed E-state index contributed by atoms with van der Waals surface area (Å²) in [4.78, 5) is 4.57. The van der Waals surface area contributed by atoms with Gasteiger partial charge in [0.1, 0.15) is 10.8 Å². The fourth-order valence-electron chi connectivity index (χ4n) is 1.71. The lowest BCUT2D eigenvalue weighted by atomic mass is 10.2. The van der Waals surface area contributed by atoms with E-state index < -0.39 is 0 Å². The lowest BCUT2D eigenvalue weighted by molar-refractivity contribution is 0.478. The Balaban J connectivity index is 2.16. The molecule has 0 aliphatic carbocycles. The molecule has 3 aromatic rings. The summed E-state index contributed by atoms with van der Waals surface area (Å²) in [5.41, 5.74) is 8.00. The average molecular weight is 368 g/mol. The molecule has 1 aromatic heterocycles. The van der Waals surface area contributed by atoms with Gasteiger partial charge in [0.15, 0.2) is 0 Å². The van der Waals surface area contributed by atoms with Crippen LogP contribution in [0.1, 0.15) is 0 Å². The molecule has 0 saturated heterocycles. The molecule has 0 aliphatic heterocycles. The molecule has 0 saturated carbocycles. The van der Waals surface area contributed by atoms with E-state index in [1.54, 1.807) is 23.5 Å². The third-order valence-corrected chi connectivity index (χ3v) is 4.36. The largest absolute Gasteiger partial charge is 0.506 e. The zero-order valence-corrected chi connectivity index (χ0v) is 12.2. The Bertz CT molecular complexity index is 739. The highest BCUT2D eigenvalue weighted by Crippen LogP contribution is 2.33. The van der Waals surface area contributed by atoms with Crippen molar-refractivity contribution in [2.24, 2.45) is 0 Å². The van der Waals surface area contributed by atoms with Gasteiger partial charge in [0, 0.05) is 9.13 Å². The zero-order chi connectivity index (χ0) is 12.7. The van der Waals surface area contributed by atoms with Crippen molar-refractivity contribution in [3.63, 3.8) is 0 Å². The van der Waals surface area contributed by atoms with Gasteiger partial charge in [-0.1, -0.05) is 0 Å². The molecule has 0 fully saturated rings. The molecule has 18 heavy (non-hydrogen) atoms. The van der Waals surface area contributed by atoms with Crippen molar-refractivity contribution in [2.45, 2.75) is 0 Å². The number of thiazole rings is 1. The van der Waals surface area contributed by atoms with E-state index >= 15 is 0 Å². The molecule has 0 amide bonds. The summed E-state index contributed by atoms with van der Waals surface area (Å²) in [6, 6.07) is 11.3. The van der Waals surface area contributed by atoms with E-state index in [1.165, 1.54) is 3.57 Å². The van der Waals surface area contributed by atoms with Crippen LogP contribution in [0, 0.1) is 3.57 Å². The number of halogens is 1. The molecular formula is C13H9IN2OS. The number of aromatic nitrogens is 1. The predicted molar refractivity (Wildman–Crippen MR) is 83.9 cm³/mol. The summed E-state index contributed by atoms with van der Waals surface area (Å²) in [7, 11) is 0. The number of benzene rings is 2. The number of nitrogens with two attached hydrogens (primary N) is 1. The highest BCUT2D eigenvalue weighted by molar-refractivity contribution is 14.1. The second-order valence-electron chi connectivity index (χ2n) is 3.90. The summed E-state index contributed by atoms with van der Waals surface area (Å²) in [6.07, 6.45) is 0. The molecule has 0 atom stereocenters. The Morgan fingerprint density at radius 1 is 1.17 bits per heavy atom. The van der Waals surface area contributed by atoms with Crippen LogP contribution in [0.5, 0.6) is 5.75 Å². The monoisotopic (exact) mass is 368 g/mol. The van der Waals surface area contributed by atoms with Gasteiger partial charge in [-0.25, -0.2) is 4.98 Å². The molecule has 3 nitrogen and oxygen atoms in total. The summed E-state index contributed by atoms with van der Waals surface area (Å²) in [5, 5.41) is 10.3. The number of rotatable bonds is 1. The molecule has 90 valence electrons. The number of phenols is 1. The average Bonchev–Trinajstić information content (AvgIpc) is 2.75. The van der Waals surface area contributed by atoms with Crippen LogP contribution in [0.3, 0.4) is 0 Å². The summed E-state index contributed by atoms with van der Waals surface area (Å²) < 4.78 is 2.35. The molecule has 0 spiro atoms. The number of fused-ring (bicyclic) bond motifs is 1. The van der Waals surface area contributed by atoms with Crippen molar-refractivity contribution >= 4 is 49.8 Å². The van der Waals surface area contributed by atoms with Gasteiger partial charge in [-0.2, -0.15) is 0 Å². The van der Waals surface area contributed by atoms with Crippen LogP contribution < -0.4 is 5.73 Å². The van der Waals surface area contributed by atoms with Gasteiger partial charge in [-0.05, 0) is 59.0 Å². The zero-order valence-electron chi connectivity index (χ0n) is 9.22. The molecule has 3 rings (SSSR count). The van der Waals surface area contributed by atoms with Gasteiger partial charge in [-0.3, -0.25) is 0 Å². The molecule has 0 bridgehead atoms. The van der Waals surface area contributed by atoms with E-state index in [0.29, 0.717) is 5.69 Å². The van der Waals surface area contributed by atoms with Gasteiger partial charge < -0.3 is 10.8 Å². The third kappa shape index (κ3) is 2.04. The van der Waals surface area contributed by atoms with Crippen LogP contribution in [-0.4, -0.2) is 10.1 Å². The number of nitrogens with zero attached hydrogens (tertiary/aromatic N) is 1. The van der Waals surface area contributed by atoms with Crippen LogP contribution >= 0.6 is 33.9 Å². The molecular weight excluding hydrogens is 359 g/mol. The normalized spacial score (nSPS) is 10.9. The van der Waals surface area contributed by atoms with E-state index in [1.807, 2.05) is 18.2 Å². The SMILES string of the molecule is Nc1cc(-c2nc3ccc(I)cc3s2)ccc1O. The molecule has 2 aromatic carbocycles. The highest BCUT2D eigenvalue weighted by Gasteiger charge is 2.08. The van der Waals surface area contributed by atoms with Crippen molar-refractivity contribution < 1.29 is 5.11 Å². The van der Waals surface area contributed by atoms with Gasteiger partial charge in [-0.15, -0.1) is 11.3 Å². The smallest absolute Gasteiger partial charge is 0.138 e. The number of nitrogen functional groups attached to an aromatic ring is 1. The Hall–Kier alpha value is -1.34. The third-order valence-electron chi connectivity index (χ3n) is 2.62. The van der Waals surface area contributed by atoms with E-state index in [-0.39, 0.29) is 5.75 Å². The van der Waals surface area contributed by atoms with Crippen molar-refractivity contribution in [1.82, 2.24) is 4.98 Å². The summed E-state index contributed by atoms with van der Waals surface area (Å²) in [5.74, 6) is 0.106. The summed E-state index contributed by atoms with van der Waals surface area (Å²) in [6.45, 7) is 0. The van der Waals surface area contributed by atoms with E-state index in [9.17, 15) is 5.11 Å². The fourth-order valence-corrected chi connectivity index (χ4v) is 3.41. The first-order valence-corrected chi connectivity index (χ1v) is 7.18. The van der Waals surface area contributed by atoms with Crippen molar-refractivity contribution in [3.05, 3.63) is 40.0 Å². The van der Waals surface area contributed by atoms with Crippen molar-refractivity contribution in [3.8, 4) is 16.3 Å². The minimum Gasteiger partial charge on any atom is -0.506 e. The van der Waals surface area contributed by atoms with E-state index in [2.05, 4.69) is 33.6 Å². The van der Waals surface area contributed by atoms with Gasteiger partial charge in [0.05, 0.1) is 15.9 Å². The van der Waals surface area contributed by atoms with Gasteiger partial charge >= 0.3 is 0 Å². The number of hydrogen-bond acceptors (Lipinski definition) is 4. The van der Waals surface area contributed by atoms with Gasteiger partial charge in [0.2, 0.25) is 0 Å². The van der Waals surface area contributed by atoms with Crippen LogP contribution in [0.25, 0.3) is 20.8 Å². The Labute approximate surface area is 121 Å². The number of hydrogen-bond donors (Lipinski definition) is 2. The minimum atomic E-state index is 0.106. The maximum absolute atomic E-state index is 9.42. The Morgan fingerprint density at radius 3 is 2.78 bits per heavy atom. The lowest BCUT2D eigenvalue weighted by Gasteiger charge is -2.00. The van der Waals surface area contributed by atoms with Crippen molar-refractivity contribution in [1.29, 1.82) is 0 Å². The molecule has 1 heterocycles. The minimum absolute atomic E-state index is 0.106. The second-order valence-corrected chi connectivity index (χ2v) is 6.18. The van der Waals surface area contributed by atoms with E-state index in [4.69, 9.17) is 5.73 Å². The highest BCUT2D eigenvalue weighted by atomic mass is 127. The number of aromatic hydroxyl groups is 1. The van der Waals surface area contributed by atoms with Crippen LogP contribution in [0.15, 0.2) is 36.4 Å². The number of anilines is 1. The van der Waals surface area contributed by atoms with Crippen LogP contribution in [-0.2, 0) is 0 Å². The molecule has 5 heteroatoms. The fraction of sp³-hybridized carbons (Fsp3) is 0. The standard InChI is InChI=1S/C13H9IN2OS/c14-8-2-3-10-12(6-8)18-13(16-10)7-1-4-11(17)9(15)5-7/h1-6,17H,15H2. The maximum Gasteiger partial charge on any atom is 0.138 e. The van der Waals surface area contributed by atoms with Crippen LogP contribution in [0.2, 0.25) is 0 Å². The predicted octanol–water partition coefficient (Wildman–Crippen LogP) is 3.86. The van der Waals surface area contributed by atoms with Crippen LogP contribution in [0.4, 0.5) is 5.69 Å². The molecule has 0 unspecified atom stereocenters. The second kappa shape index (κ2) is 4.40. The first kappa shape index (κ1) is 11.7. The first-order chi connectivity index (χ1) is 8.63. The molecule has 0 radical (unpaired) electrons. The van der Waals surface area contributed by atoms with E-state index in [0.717, 1.165) is 20.8 Å². The topological polar surface area (TPSA) is 59.1 Å². The van der Waals surface area contributed by atoms with Crippen molar-refractivity contribution in [2.75, 3.05) is 5.73 Å². The molecule has 0 aliphatic rings. The maximum atomic E-state index is 9.42. The summed E-state index contributed by atoms with van der Waals surface area (Å²) >= 11 is 3.91. The quantitative estimate of drug-likeness (QED) is 0.390. The lowest BCUT2D eigenvalue weighted by Crippen LogP contribution is -1.86. The molecule has 3 N–H and O–H groups in total. The first-order valence-electron chi connectivity index (χ1n) is 5.28. The number of phenolic OH excluding ortho intramolecular Hbond substituents is 1.